The van der Waals surface area contributed by atoms with E-state index in [1.165, 1.54) is 12.1 Å². The number of pyridine rings is 1. The molecule has 1 N–H and O–H groups in total. The molecule has 5 heteroatoms. The van der Waals surface area contributed by atoms with Crippen molar-refractivity contribution < 1.29 is 18.3 Å². The third kappa shape index (κ3) is 5.06. The molecule has 0 aliphatic carbocycles. The van der Waals surface area contributed by atoms with Crippen molar-refractivity contribution in [1.29, 1.82) is 0 Å². The molecule has 130 valence electrons. The first-order chi connectivity index (χ1) is 11.4. The van der Waals surface area contributed by atoms with Gasteiger partial charge in [0.1, 0.15) is 0 Å². The monoisotopic (exact) mass is 337 g/mol. The lowest BCUT2D eigenvalue weighted by atomic mass is 10.0. The Balaban J connectivity index is 2.01. The van der Waals surface area contributed by atoms with Crippen LogP contribution in [0.1, 0.15) is 56.3 Å². The van der Waals surface area contributed by atoms with E-state index < -0.39 is 17.8 Å². The molecule has 1 atom stereocenters. The Morgan fingerprint density at radius 2 is 1.71 bits per heavy atom. The van der Waals surface area contributed by atoms with Gasteiger partial charge in [-0.15, -0.1) is 0 Å². The molecule has 2 rings (SSSR count). The highest BCUT2D eigenvalue weighted by atomic mass is 19.4. The van der Waals surface area contributed by atoms with Gasteiger partial charge in [0.25, 0.3) is 0 Å². The predicted molar refractivity (Wildman–Crippen MR) is 88.4 cm³/mol. The molecule has 24 heavy (non-hydrogen) atoms. The minimum Gasteiger partial charge on any atom is -0.388 e. The molecule has 1 aromatic carbocycles. The number of hydrogen-bond donors (Lipinski definition) is 1. The lowest BCUT2D eigenvalue weighted by molar-refractivity contribution is -0.137. The van der Waals surface area contributed by atoms with E-state index >= 15 is 0 Å². The van der Waals surface area contributed by atoms with E-state index in [1.807, 2.05) is 0 Å². The molecule has 0 fully saturated rings. The van der Waals surface area contributed by atoms with Gasteiger partial charge in [0.15, 0.2) is 0 Å². The molecule has 2 nitrogen and oxygen atoms in total. The third-order valence-electron chi connectivity index (χ3n) is 4.01. The summed E-state index contributed by atoms with van der Waals surface area (Å²) >= 11 is 0. The molecule has 0 aliphatic rings. The largest absolute Gasteiger partial charge is 0.416 e. The summed E-state index contributed by atoms with van der Waals surface area (Å²) in [6.45, 7) is 2.14. The van der Waals surface area contributed by atoms with Gasteiger partial charge in [-0.1, -0.05) is 50.8 Å². The summed E-state index contributed by atoms with van der Waals surface area (Å²) in [7, 11) is 0. The van der Waals surface area contributed by atoms with Crippen LogP contribution in [0.4, 0.5) is 13.2 Å². The summed E-state index contributed by atoms with van der Waals surface area (Å²) in [5.41, 5.74) is 1.27. The van der Waals surface area contributed by atoms with Crippen LogP contribution in [0.5, 0.6) is 0 Å². The lowest BCUT2D eigenvalue weighted by Crippen LogP contribution is -2.04. The van der Waals surface area contributed by atoms with Gasteiger partial charge in [0, 0.05) is 11.8 Å². The zero-order valence-electron chi connectivity index (χ0n) is 13.7. The Bertz CT molecular complexity index is 621. The Kier molecular flexibility index (Phi) is 6.37. The van der Waals surface area contributed by atoms with Crippen molar-refractivity contribution in [3.05, 3.63) is 53.7 Å². The van der Waals surface area contributed by atoms with Crippen LogP contribution in [0.3, 0.4) is 0 Å². The number of halogens is 3. The number of rotatable bonds is 7. The molecule has 0 bridgehead atoms. The van der Waals surface area contributed by atoms with Gasteiger partial charge in [0.05, 0.1) is 17.4 Å². The standard InChI is InChI=1S/C19H22F3NO/c1-2-3-4-5-6-18(24)15-9-12-17(23-13-15)14-7-10-16(11-8-14)19(20,21)22/h7-13,18,24H,2-6H2,1H3/t18-/m0/s1. The highest BCUT2D eigenvalue weighted by Crippen LogP contribution is 2.30. The fourth-order valence-electron chi connectivity index (χ4n) is 2.53. The molecule has 0 aliphatic heterocycles. The smallest absolute Gasteiger partial charge is 0.388 e. The molecule has 2 aromatic rings. The van der Waals surface area contributed by atoms with Crippen molar-refractivity contribution in [2.45, 2.75) is 51.3 Å². The van der Waals surface area contributed by atoms with E-state index in [2.05, 4.69) is 11.9 Å². The highest BCUT2D eigenvalue weighted by Gasteiger charge is 2.29. The van der Waals surface area contributed by atoms with Crippen LogP contribution in [-0.2, 0) is 6.18 Å². The molecule has 0 saturated carbocycles. The lowest BCUT2D eigenvalue weighted by Gasteiger charge is -2.11. The molecule has 0 radical (unpaired) electrons. The maximum atomic E-state index is 12.6. The third-order valence-corrected chi connectivity index (χ3v) is 4.01. The predicted octanol–water partition coefficient (Wildman–Crippen LogP) is 5.77. The van der Waals surface area contributed by atoms with E-state index in [0.29, 0.717) is 17.7 Å². The highest BCUT2D eigenvalue weighted by molar-refractivity contribution is 5.59. The molecule has 0 unspecified atom stereocenters. The van der Waals surface area contributed by atoms with E-state index in [1.54, 1.807) is 18.3 Å². The topological polar surface area (TPSA) is 33.1 Å². The van der Waals surface area contributed by atoms with Crippen LogP contribution in [0.2, 0.25) is 0 Å². The first-order valence-electron chi connectivity index (χ1n) is 8.23. The van der Waals surface area contributed by atoms with Gasteiger partial charge in [-0.05, 0) is 30.2 Å². The van der Waals surface area contributed by atoms with Crippen LogP contribution in [0, 0.1) is 0 Å². The molecule has 1 heterocycles. The fourth-order valence-corrected chi connectivity index (χ4v) is 2.53. The molecular formula is C19H22F3NO. The van der Waals surface area contributed by atoms with E-state index in [0.717, 1.165) is 43.4 Å². The summed E-state index contributed by atoms with van der Waals surface area (Å²) in [6, 6.07) is 8.43. The van der Waals surface area contributed by atoms with Crippen LogP contribution in [0.25, 0.3) is 11.3 Å². The number of benzene rings is 1. The number of nitrogens with zero attached hydrogens (tertiary/aromatic N) is 1. The molecule has 1 aromatic heterocycles. The van der Waals surface area contributed by atoms with Gasteiger partial charge in [-0.2, -0.15) is 13.2 Å². The Morgan fingerprint density at radius 3 is 2.25 bits per heavy atom. The van der Waals surface area contributed by atoms with Gasteiger partial charge >= 0.3 is 6.18 Å². The number of unbranched alkanes of at least 4 members (excludes halogenated alkanes) is 3. The number of aliphatic hydroxyl groups excluding tert-OH is 1. The normalized spacial score (nSPS) is 13.0. The van der Waals surface area contributed by atoms with E-state index in [-0.39, 0.29) is 0 Å². The quantitative estimate of drug-likeness (QED) is 0.651. The second-order valence-electron chi connectivity index (χ2n) is 5.92. The first kappa shape index (κ1) is 18.5. The zero-order valence-corrected chi connectivity index (χ0v) is 13.7. The average Bonchev–Trinajstić information content (AvgIpc) is 2.58. The molecule has 0 amide bonds. The van der Waals surface area contributed by atoms with Crippen LogP contribution in [-0.4, -0.2) is 10.1 Å². The zero-order chi connectivity index (χ0) is 17.6. The summed E-state index contributed by atoms with van der Waals surface area (Å²) in [4.78, 5) is 4.27. The van der Waals surface area contributed by atoms with E-state index in [9.17, 15) is 18.3 Å². The number of alkyl halides is 3. The summed E-state index contributed by atoms with van der Waals surface area (Å²) in [5.74, 6) is 0. The summed E-state index contributed by atoms with van der Waals surface area (Å²) in [6.07, 6.45) is 1.80. The summed E-state index contributed by atoms with van der Waals surface area (Å²) < 4.78 is 37.7. The van der Waals surface area contributed by atoms with Crippen molar-refractivity contribution in [3.63, 3.8) is 0 Å². The van der Waals surface area contributed by atoms with Gasteiger partial charge in [0.2, 0.25) is 0 Å². The van der Waals surface area contributed by atoms with Crippen LogP contribution in [0.15, 0.2) is 42.6 Å². The number of aromatic nitrogens is 1. The summed E-state index contributed by atoms with van der Waals surface area (Å²) in [5, 5.41) is 10.1. The fraction of sp³-hybridized carbons (Fsp3) is 0.421. The van der Waals surface area contributed by atoms with Crippen LogP contribution >= 0.6 is 0 Å². The molecule has 0 spiro atoms. The van der Waals surface area contributed by atoms with Crippen molar-refractivity contribution >= 4 is 0 Å². The number of hydrogen-bond acceptors (Lipinski definition) is 2. The Labute approximate surface area is 140 Å². The molecule has 0 saturated heterocycles. The van der Waals surface area contributed by atoms with Crippen molar-refractivity contribution in [2.24, 2.45) is 0 Å². The first-order valence-corrected chi connectivity index (χ1v) is 8.23. The van der Waals surface area contributed by atoms with Gasteiger partial charge < -0.3 is 5.11 Å². The minimum atomic E-state index is -4.34. The van der Waals surface area contributed by atoms with Gasteiger partial charge in [-0.25, -0.2) is 0 Å². The minimum absolute atomic E-state index is 0.545. The molecular weight excluding hydrogens is 315 g/mol. The SMILES string of the molecule is CCCCCC[C@H](O)c1ccc(-c2ccc(C(F)(F)F)cc2)nc1. The van der Waals surface area contributed by atoms with Crippen LogP contribution < -0.4 is 0 Å². The Morgan fingerprint density at radius 1 is 1.00 bits per heavy atom. The Hall–Kier alpha value is -1.88. The maximum absolute atomic E-state index is 12.6. The van der Waals surface area contributed by atoms with Crippen molar-refractivity contribution in [3.8, 4) is 11.3 Å². The van der Waals surface area contributed by atoms with Crippen molar-refractivity contribution in [1.82, 2.24) is 4.98 Å². The van der Waals surface area contributed by atoms with Gasteiger partial charge in [-0.3, -0.25) is 4.98 Å². The maximum Gasteiger partial charge on any atom is 0.416 e. The average molecular weight is 337 g/mol. The second kappa shape index (κ2) is 8.29. The number of aliphatic hydroxyl groups is 1. The van der Waals surface area contributed by atoms with Crippen molar-refractivity contribution in [2.75, 3.05) is 0 Å². The van der Waals surface area contributed by atoms with E-state index in [4.69, 9.17) is 0 Å². The second-order valence-corrected chi connectivity index (χ2v) is 5.92.